The smallest absolute Gasteiger partial charge is 0.309 e. The van der Waals surface area contributed by atoms with E-state index in [1.165, 1.54) is 70.6 Å². The Bertz CT molecular complexity index is 1710. The highest BCUT2D eigenvalue weighted by atomic mass is 16.6. The van der Waals surface area contributed by atoms with Gasteiger partial charge in [-0.2, -0.15) is 0 Å². The molecule has 0 N–H and O–H groups in total. The first-order valence-corrected chi connectivity index (χ1v) is 30.0. The van der Waals surface area contributed by atoms with Gasteiger partial charge in [-0.25, -0.2) is 0 Å². The van der Waals surface area contributed by atoms with Gasteiger partial charge in [-0.3, -0.25) is 14.4 Å². The number of rotatable bonds is 52. The van der Waals surface area contributed by atoms with Crippen molar-refractivity contribution in [2.24, 2.45) is 0 Å². The normalized spacial score (nSPS) is 13.3. The zero-order valence-corrected chi connectivity index (χ0v) is 48.0. The monoisotopic (exact) mass is 1030 g/mol. The van der Waals surface area contributed by atoms with Crippen LogP contribution in [0.5, 0.6) is 0 Å². The van der Waals surface area contributed by atoms with E-state index < -0.39 is 12.1 Å². The Hall–Kier alpha value is -4.97. The molecular weight excluding hydrogens is 925 g/mol. The minimum absolute atomic E-state index is 0.114. The molecular formula is C69H108O6. The van der Waals surface area contributed by atoms with Crippen molar-refractivity contribution in [2.75, 3.05) is 13.2 Å². The van der Waals surface area contributed by atoms with Crippen molar-refractivity contribution in [3.63, 3.8) is 0 Å². The molecule has 1 unspecified atom stereocenters. The van der Waals surface area contributed by atoms with Crippen LogP contribution in [0.2, 0.25) is 0 Å². The minimum atomic E-state index is -0.840. The maximum Gasteiger partial charge on any atom is 0.309 e. The number of hydrogen-bond donors (Lipinski definition) is 0. The Balaban J connectivity index is 4.55. The molecule has 0 aromatic carbocycles. The SMILES string of the molecule is CC/C=C\C/C=C\C/C=C\C/C=C\C/C=C\C/C=C\CCCCCCC(=O)OCC(COC(=O)C/C=C\C/C=C\C/C=C\C/C=C\C/C=C\CC)OC(=O)CCCCCCCCCCC/C=C\C/C=C\CCCCC. The van der Waals surface area contributed by atoms with Gasteiger partial charge in [0.2, 0.25) is 0 Å². The summed E-state index contributed by atoms with van der Waals surface area (Å²) < 4.78 is 16.8. The standard InChI is InChI=1S/C69H108O6/c1-4-7-10-13-16-19-22-25-28-30-32-33-34-35-37-38-41-44-47-50-53-56-59-62-68(71)74-65-66(64-73-67(70)61-58-55-52-49-46-43-40-27-24-21-18-15-12-9-6-3)75-69(72)63-60-57-54-51-48-45-42-39-36-31-29-26-23-20-17-14-11-8-5-2/h7,9-10,12,16-21,25-29,32-33,35,37,40-41,44,46,49,55,58,66H,4-6,8,11,13-15,22-24,30-31,34,36,38-39,42-43,45,47-48,50-54,56-57,59-65H2,1-3H3/b10-7-,12-9-,19-16-,20-17-,21-18-,28-25-,29-26-,33-32-,37-35-,40-27-,44-41-,49-46-,58-55-. The molecule has 6 heteroatoms. The van der Waals surface area contributed by atoms with Crippen LogP contribution < -0.4 is 0 Å². The van der Waals surface area contributed by atoms with E-state index in [-0.39, 0.29) is 31.6 Å². The van der Waals surface area contributed by atoms with Crippen LogP contribution in [0.3, 0.4) is 0 Å². The van der Waals surface area contributed by atoms with Crippen LogP contribution in [0.1, 0.15) is 239 Å². The molecule has 0 spiro atoms. The molecule has 0 amide bonds. The van der Waals surface area contributed by atoms with Crippen LogP contribution in [0.4, 0.5) is 0 Å². The molecule has 0 saturated carbocycles. The summed E-state index contributed by atoms with van der Waals surface area (Å²) >= 11 is 0. The molecule has 0 fully saturated rings. The van der Waals surface area contributed by atoms with Crippen molar-refractivity contribution < 1.29 is 28.6 Å². The second-order valence-corrected chi connectivity index (χ2v) is 19.2. The summed E-state index contributed by atoms with van der Waals surface area (Å²) in [5.41, 5.74) is 0. The van der Waals surface area contributed by atoms with Crippen LogP contribution in [0.15, 0.2) is 158 Å². The van der Waals surface area contributed by atoms with Crippen molar-refractivity contribution in [2.45, 2.75) is 245 Å². The van der Waals surface area contributed by atoms with E-state index in [9.17, 15) is 14.4 Å². The predicted octanol–water partition coefficient (Wildman–Crippen LogP) is 20.5. The molecule has 75 heavy (non-hydrogen) atoms. The number of hydrogen-bond acceptors (Lipinski definition) is 6. The highest BCUT2D eigenvalue weighted by Gasteiger charge is 2.19. The summed E-state index contributed by atoms with van der Waals surface area (Å²) in [6.45, 7) is 6.26. The Morgan fingerprint density at radius 2 is 0.573 bits per heavy atom. The zero-order chi connectivity index (χ0) is 54.3. The van der Waals surface area contributed by atoms with Crippen LogP contribution in [-0.4, -0.2) is 37.2 Å². The van der Waals surface area contributed by atoms with Crippen LogP contribution in [0.25, 0.3) is 0 Å². The maximum absolute atomic E-state index is 12.9. The van der Waals surface area contributed by atoms with Gasteiger partial charge in [-0.15, -0.1) is 0 Å². The number of ether oxygens (including phenoxy) is 3. The molecule has 0 bridgehead atoms. The lowest BCUT2D eigenvalue weighted by Gasteiger charge is -2.18. The first-order chi connectivity index (χ1) is 37.0. The molecule has 0 aliphatic carbocycles. The average Bonchev–Trinajstić information content (AvgIpc) is 3.41. The lowest BCUT2D eigenvalue weighted by molar-refractivity contribution is -0.166. The fourth-order valence-corrected chi connectivity index (χ4v) is 7.61. The van der Waals surface area contributed by atoms with Gasteiger partial charge >= 0.3 is 17.9 Å². The van der Waals surface area contributed by atoms with E-state index in [1.807, 2.05) is 6.08 Å². The van der Waals surface area contributed by atoms with Gasteiger partial charge in [0.15, 0.2) is 6.10 Å². The molecule has 0 rings (SSSR count). The highest BCUT2D eigenvalue weighted by Crippen LogP contribution is 2.14. The summed E-state index contributed by atoms with van der Waals surface area (Å²) in [5, 5.41) is 0. The zero-order valence-electron chi connectivity index (χ0n) is 48.0. The van der Waals surface area contributed by atoms with E-state index in [1.54, 1.807) is 6.08 Å². The summed E-state index contributed by atoms with van der Waals surface area (Å²) in [4.78, 5) is 38.2. The largest absolute Gasteiger partial charge is 0.462 e. The van der Waals surface area contributed by atoms with Crippen molar-refractivity contribution in [3.05, 3.63) is 158 Å². The van der Waals surface area contributed by atoms with Crippen molar-refractivity contribution >= 4 is 17.9 Å². The van der Waals surface area contributed by atoms with E-state index in [2.05, 4.69) is 167 Å². The number of allylic oxidation sites excluding steroid dienone is 25. The molecule has 0 saturated heterocycles. The quantitative estimate of drug-likeness (QED) is 0.0261. The minimum Gasteiger partial charge on any atom is -0.462 e. The van der Waals surface area contributed by atoms with Gasteiger partial charge in [0, 0.05) is 12.8 Å². The van der Waals surface area contributed by atoms with Gasteiger partial charge in [-0.1, -0.05) is 249 Å². The van der Waals surface area contributed by atoms with Gasteiger partial charge in [-0.05, 0) is 128 Å². The molecule has 420 valence electrons. The Morgan fingerprint density at radius 3 is 0.933 bits per heavy atom. The Kier molecular flexibility index (Phi) is 57.5. The number of unbranched alkanes of at least 4 members (excludes halogenated alkanes) is 16. The third-order valence-corrected chi connectivity index (χ3v) is 12.0. The number of carbonyl (C=O) groups excluding carboxylic acids is 3. The molecule has 6 nitrogen and oxygen atoms in total. The lowest BCUT2D eigenvalue weighted by Crippen LogP contribution is -2.30. The summed E-state index contributed by atoms with van der Waals surface area (Å²) in [6, 6.07) is 0. The Labute approximate surface area is 460 Å². The number of carbonyl (C=O) groups is 3. The summed E-state index contributed by atoms with van der Waals surface area (Å²) in [7, 11) is 0. The van der Waals surface area contributed by atoms with Gasteiger partial charge in [0.05, 0.1) is 6.42 Å². The van der Waals surface area contributed by atoms with Crippen LogP contribution in [-0.2, 0) is 28.6 Å². The van der Waals surface area contributed by atoms with Crippen molar-refractivity contribution in [1.29, 1.82) is 0 Å². The van der Waals surface area contributed by atoms with E-state index in [0.717, 1.165) is 128 Å². The van der Waals surface area contributed by atoms with E-state index in [0.29, 0.717) is 12.8 Å². The molecule has 1 atom stereocenters. The third-order valence-electron chi connectivity index (χ3n) is 12.0. The van der Waals surface area contributed by atoms with Crippen LogP contribution >= 0.6 is 0 Å². The second-order valence-electron chi connectivity index (χ2n) is 19.2. The topological polar surface area (TPSA) is 78.9 Å². The molecule has 0 aliphatic heterocycles. The summed E-state index contributed by atoms with van der Waals surface area (Å²) in [6.07, 6.45) is 89.7. The van der Waals surface area contributed by atoms with Gasteiger partial charge in [0.1, 0.15) is 13.2 Å². The van der Waals surface area contributed by atoms with Crippen molar-refractivity contribution in [3.8, 4) is 0 Å². The molecule has 0 aromatic heterocycles. The highest BCUT2D eigenvalue weighted by molar-refractivity contribution is 5.72. The second kappa shape index (κ2) is 61.6. The summed E-state index contributed by atoms with van der Waals surface area (Å²) in [5.74, 6) is -1.10. The van der Waals surface area contributed by atoms with Gasteiger partial charge in [0.25, 0.3) is 0 Å². The fourth-order valence-electron chi connectivity index (χ4n) is 7.61. The number of esters is 3. The molecule has 0 aromatic rings. The molecule has 0 radical (unpaired) electrons. The molecule has 0 heterocycles. The van der Waals surface area contributed by atoms with E-state index in [4.69, 9.17) is 14.2 Å². The average molecular weight is 1030 g/mol. The van der Waals surface area contributed by atoms with Crippen LogP contribution in [0, 0.1) is 0 Å². The van der Waals surface area contributed by atoms with E-state index >= 15 is 0 Å². The van der Waals surface area contributed by atoms with Gasteiger partial charge < -0.3 is 14.2 Å². The first-order valence-electron chi connectivity index (χ1n) is 30.0. The fraction of sp³-hybridized carbons (Fsp3) is 0.580. The lowest BCUT2D eigenvalue weighted by atomic mass is 10.1. The first kappa shape index (κ1) is 70.0. The van der Waals surface area contributed by atoms with Crippen molar-refractivity contribution in [1.82, 2.24) is 0 Å². The third kappa shape index (κ3) is 59.8. The Morgan fingerprint density at radius 1 is 0.293 bits per heavy atom. The maximum atomic E-state index is 12.9. The molecule has 0 aliphatic rings. The predicted molar refractivity (Wildman–Crippen MR) is 325 cm³/mol.